The number of halogens is 1. The van der Waals surface area contributed by atoms with E-state index < -0.39 is 9.84 Å². The van der Waals surface area contributed by atoms with E-state index in [2.05, 4.69) is 10.4 Å². The first-order valence-electron chi connectivity index (χ1n) is 8.15. The number of aromatic nitrogens is 2. The van der Waals surface area contributed by atoms with Crippen molar-refractivity contribution in [2.24, 2.45) is 0 Å². The lowest BCUT2D eigenvalue weighted by atomic mass is 10.1. The molecule has 0 saturated carbocycles. The van der Waals surface area contributed by atoms with Gasteiger partial charge >= 0.3 is 0 Å². The summed E-state index contributed by atoms with van der Waals surface area (Å²) in [6, 6.07) is 13.3. The van der Waals surface area contributed by atoms with Crippen molar-refractivity contribution < 1.29 is 13.2 Å². The fourth-order valence-corrected chi connectivity index (χ4v) is 3.30. The molecule has 3 aromatic rings. The molecule has 0 fully saturated rings. The van der Waals surface area contributed by atoms with E-state index in [-0.39, 0.29) is 16.8 Å². The lowest BCUT2D eigenvalue weighted by Gasteiger charge is -2.14. The summed E-state index contributed by atoms with van der Waals surface area (Å²) in [6.07, 6.45) is 4.28. The van der Waals surface area contributed by atoms with Crippen molar-refractivity contribution in [3.8, 4) is 5.69 Å². The fourth-order valence-electron chi connectivity index (χ4n) is 2.54. The van der Waals surface area contributed by atoms with E-state index in [4.69, 9.17) is 11.6 Å². The maximum absolute atomic E-state index is 12.5. The van der Waals surface area contributed by atoms with Crippen LogP contribution in [0.4, 0.5) is 0 Å². The van der Waals surface area contributed by atoms with Gasteiger partial charge in [-0.05, 0) is 48.9 Å². The predicted molar refractivity (Wildman–Crippen MR) is 104 cm³/mol. The Morgan fingerprint density at radius 2 is 1.74 bits per heavy atom. The minimum atomic E-state index is -3.24. The number of sulfone groups is 1. The number of nitrogens with zero attached hydrogens (tertiary/aromatic N) is 2. The summed E-state index contributed by atoms with van der Waals surface area (Å²) in [5.74, 6) is -0.269. The molecule has 0 spiro atoms. The molecular weight excluding hydrogens is 386 g/mol. The molecule has 8 heteroatoms. The lowest BCUT2D eigenvalue weighted by molar-refractivity contribution is 0.0940. The van der Waals surface area contributed by atoms with Gasteiger partial charge in [-0.15, -0.1) is 0 Å². The maximum Gasteiger partial charge on any atom is 0.254 e. The number of carbonyl (C=O) groups is 1. The summed E-state index contributed by atoms with van der Waals surface area (Å²) in [5.41, 5.74) is 2.02. The third kappa shape index (κ3) is 4.56. The second-order valence-corrected chi connectivity index (χ2v) is 8.64. The number of benzene rings is 2. The van der Waals surface area contributed by atoms with E-state index in [9.17, 15) is 13.2 Å². The molecule has 3 rings (SSSR count). The molecule has 1 amide bonds. The average Bonchev–Trinajstić information content (AvgIpc) is 3.12. The highest BCUT2D eigenvalue weighted by Crippen LogP contribution is 2.17. The molecule has 0 bridgehead atoms. The largest absolute Gasteiger partial charge is 0.345 e. The Morgan fingerprint density at radius 1 is 1.11 bits per heavy atom. The molecule has 140 valence electrons. The monoisotopic (exact) mass is 403 g/mol. The molecule has 0 aliphatic rings. The van der Waals surface area contributed by atoms with Gasteiger partial charge in [0.2, 0.25) is 0 Å². The molecule has 1 aromatic heterocycles. The summed E-state index contributed by atoms with van der Waals surface area (Å²) in [6.45, 7) is 1.83. The van der Waals surface area contributed by atoms with Crippen molar-refractivity contribution >= 4 is 27.3 Å². The smallest absolute Gasteiger partial charge is 0.254 e. The number of rotatable bonds is 5. The number of hydrogen-bond donors (Lipinski definition) is 1. The zero-order chi connectivity index (χ0) is 19.6. The molecule has 6 nitrogen and oxygen atoms in total. The van der Waals surface area contributed by atoms with Gasteiger partial charge in [0.05, 0.1) is 28.4 Å². The van der Waals surface area contributed by atoms with Gasteiger partial charge in [-0.2, -0.15) is 5.10 Å². The quantitative estimate of drug-likeness (QED) is 0.707. The zero-order valence-corrected chi connectivity index (χ0v) is 16.3. The van der Waals surface area contributed by atoms with Crippen LogP contribution < -0.4 is 5.32 Å². The van der Waals surface area contributed by atoms with E-state index in [0.717, 1.165) is 17.5 Å². The van der Waals surface area contributed by atoms with Crippen molar-refractivity contribution in [2.75, 3.05) is 6.26 Å². The molecule has 1 N–H and O–H groups in total. The van der Waals surface area contributed by atoms with Gasteiger partial charge in [-0.25, -0.2) is 13.1 Å². The van der Waals surface area contributed by atoms with E-state index >= 15 is 0 Å². The van der Waals surface area contributed by atoms with Crippen LogP contribution in [-0.4, -0.2) is 30.4 Å². The Balaban J connectivity index is 1.71. The average molecular weight is 404 g/mol. The van der Waals surface area contributed by atoms with Crippen molar-refractivity contribution in [3.05, 3.63) is 77.1 Å². The number of hydrogen-bond acceptors (Lipinski definition) is 4. The van der Waals surface area contributed by atoms with Crippen LogP contribution in [-0.2, 0) is 9.84 Å². The van der Waals surface area contributed by atoms with E-state index in [1.54, 1.807) is 35.1 Å². The first-order valence-corrected chi connectivity index (χ1v) is 10.4. The van der Waals surface area contributed by atoms with Crippen molar-refractivity contribution in [1.29, 1.82) is 0 Å². The summed E-state index contributed by atoms with van der Waals surface area (Å²) in [5, 5.41) is 7.71. The highest BCUT2D eigenvalue weighted by atomic mass is 35.5. The molecule has 0 radical (unpaired) electrons. The number of amides is 1. The predicted octanol–water partition coefficient (Wildman–Crippen LogP) is 3.42. The molecule has 27 heavy (non-hydrogen) atoms. The van der Waals surface area contributed by atoms with Gasteiger partial charge in [0.25, 0.3) is 5.91 Å². The van der Waals surface area contributed by atoms with Crippen LogP contribution in [0.1, 0.15) is 28.9 Å². The topological polar surface area (TPSA) is 81.1 Å². The van der Waals surface area contributed by atoms with E-state index in [0.29, 0.717) is 10.6 Å². The molecule has 1 unspecified atom stereocenters. The van der Waals surface area contributed by atoms with Crippen LogP contribution >= 0.6 is 11.6 Å². The standard InChI is InChI=1S/C19H18ClN3O3S/c1-13(14-3-9-18(10-4-14)27(2,25)26)22-19(24)15-11-21-23(12-15)17-7-5-16(20)6-8-17/h3-13H,1-2H3,(H,22,24). The molecule has 1 heterocycles. The Labute approximate surface area is 162 Å². The van der Waals surface area contributed by atoms with Crippen molar-refractivity contribution in [3.63, 3.8) is 0 Å². The summed E-state index contributed by atoms with van der Waals surface area (Å²) in [7, 11) is -3.24. The minimum Gasteiger partial charge on any atom is -0.345 e. The van der Waals surface area contributed by atoms with Crippen molar-refractivity contribution in [2.45, 2.75) is 17.9 Å². The Kier molecular flexibility index (Phi) is 5.34. The van der Waals surface area contributed by atoms with Crippen LogP contribution in [0.2, 0.25) is 5.02 Å². The summed E-state index contributed by atoms with van der Waals surface area (Å²) < 4.78 is 24.7. The number of carbonyl (C=O) groups excluding carboxylic acids is 1. The van der Waals surface area contributed by atoms with Crippen LogP contribution in [0.15, 0.2) is 65.8 Å². The van der Waals surface area contributed by atoms with Crippen LogP contribution in [0, 0.1) is 0 Å². The second-order valence-electron chi connectivity index (χ2n) is 6.19. The minimum absolute atomic E-state index is 0.244. The molecule has 0 saturated heterocycles. The lowest BCUT2D eigenvalue weighted by Crippen LogP contribution is -2.26. The maximum atomic E-state index is 12.5. The number of nitrogens with one attached hydrogen (secondary N) is 1. The molecule has 0 aliphatic carbocycles. The van der Waals surface area contributed by atoms with Gasteiger partial charge in [0, 0.05) is 17.5 Å². The van der Waals surface area contributed by atoms with E-state index in [1.165, 1.54) is 18.3 Å². The SMILES string of the molecule is CC(NC(=O)c1cnn(-c2ccc(Cl)cc2)c1)c1ccc(S(C)(=O)=O)cc1. The summed E-state index contributed by atoms with van der Waals surface area (Å²) >= 11 is 5.88. The highest BCUT2D eigenvalue weighted by molar-refractivity contribution is 7.90. The van der Waals surface area contributed by atoms with Gasteiger partial charge < -0.3 is 5.32 Å². The summed E-state index contributed by atoms with van der Waals surface area (Å²) in [4.78, 5) is 12.7. The molecule has 1 atom stereocenters. The van der Waals surface area contributed by atoms with Gasteiger partial charge in [0.15, 0.2) is 9.84 Å². The van der Waals surface area contributed by atoms with E-state index in [1.807, 2.05) is 19.1 Å². The molecule has 0 aliphatic heterocycles. The first kappa shape index (κ1) is 19.1. The highest BCUT2D eigenvalue weighted by Gasteiger charge is 2.15. The molecular formula is C19H18ClN3O3S. The zero-order valence-electron chi connectivity index (χ0n) is 14.8. The molecule has 2 aromatic carbocycles. The van der Waals surface area contributed by atoms with Crippen LogP contribution in [0.5, 0.6) is 0 Å². The normalized spacial score (nSPS) is 12.6. The Bertz CT molecular complexity index is 1060. The second kappa shape index (κ2) is 7.54. The Hall–Kier alpha value is -2.64. The van der Waals surface area contributed by atoms with Crippen molar-refractivity contribution in [1.82, 2.24) is 15.1 Å². The third-order valence-corrected chi connectivity index (χ3v) is 5.47. The Morgan fingerprint density at radius 3 is 2.33 bits per heavy atom. The van der Waals surface area contributed by atoms with Gasteiger partial charge in [-0.3, -0.25) is 4.79 Å². The van der Waals surface area contributed by atoms with Gasteiger partial charge in [-0.1, -0.05) is 23.7 Å². The van der Waals surface area contributed by atoms with Gasteiger partial charge in [0.1, 0.15) is 0 Å². The third-order valence-electron chi connectivity index (χ3n) is 4.09. The van der Waals surface area contributed by atoms with Crippen LogP contribution in [0.25, 0.3) is 5.69 Å². The van der Waals surface area contributed by atoms with Crippen LogP contribution in [0.3, 0.4) is 0 Å². The first-order chi connectivity index (χ1) is 12.7. The fraction of sp³-hybridized carbons (Fsp3) is 0.158.